The van der Waals surface area contributed by atoms with Crippen LogP contribution in [-0.4, -0.2) is 25.7 Å². The van der Waals surface area contributed by atoms with Gasteiger partial charge in [0.05, 0.1) is 5.41 Å². The van der Waals surface area contributed by atoms with E-state index in [2.05, 4.69) is 5.32 Å². The number of rotatable bonds is 3. The second-order valence-corrected chi connectivity index (χ2v) is 5.01. The minimum absolute atomic E-state index is 0.151. The van der Waals surface area contributed by atoms with E-state index in [1.165, 1.54) is 6.07 Å². The first-order chi connectivity index (χ1) is 9.07. The number of hydrogen-bond acceptors (Lipinski definition) is 3. The molecule has 104 valence electrons. The van der Waals surface area contributed by atoms with E-state index in [0.717, 1.165) is 0 Å². The van der Waals surface area contributed by atoms with Crippen LogP contribution in [0.3, 0.4) is 0 Å². The van der Waals surface area contributed by atoms with Gasteiger partial charge in [0.15, 0.2) is 0 Å². The highest BCUT2D eigenvalue weighted by Crippen LogP contribution is 2.31. The molecule has 1 aromatic rings. The highest BCUT2D eigenvalue weighted by atomic mass is 19.1. The van der Waals surface area contributed by atoms with E-state index in [-0.39, 0.29) is 18.3 Å². The molecule has 0 unspecified atom stereocenters. The number of anilines is 1. The highest BCUT2D eigenvalue weighted by molar-refractivity contribution is 5.95. The number of aryl methyl sites for hydroxylation is 1. The first-order valence-electron chi connectivity index (χ1n) is 6.43. The van der Waals surface area contributed by atoms with Gasteiger partial charge in [-0.1, -0.05) is 6.07 Å². The summed E-state index contributed by atoms with van der Waals surface area (Å²) in [5.41, 5.74) is 6.18. The molecule has 5 heteroatoms. The van der Waals surface area contributed by atoms with Gasteiger partial charge in [-0.15, -0.1) is 0 Å². The van der Waals surface area contributed by atoms with Crippen molar-refractivity contribution >= 4 is 11.6 Å². The number of nitrogens with one attached hydrogen (secondary N) is 1. The molecule has 1 saturated heterocycles. The standard InChI is InChI=1S/C14H19FN2O2/c1-10-2-3-11(8-12(10)15)17-13(18)14(9-16)4-6-19-7-5-14/h2-3,8H,4-7,9,16H2,1H3,(H,17,18). The van der Waals surface area contributed by atoms with Crippen LogP contribution in [0.5, 0.6) is 0 Å². The Morgan fingerprint density at radius 3 is 2.74 bits per heavy atom. The van der Waals surface area contributed by atoms with Gasteiger partial charge in [0, 0.05) is 25.4 Å². The minimum Gasteiger partial charge on any atom is -0.381 e. The summed E-state index contributed by atoms with van der Waals surface area (Å²) in [4.78, 5) is 12.3. The molecule has 4 nitrogen and oxygen atoms in total. The van der Waals surface area contributed by atoms with Crippen molar-refractivity contribution < 1.29 is 13.9 Å². The van der Waals surface area contributed by atoms with Crippen LogP contribution in [0.4, 0.5) is 10.1 Å². The molecule has 2 rings (SSSR count). The Labute approximate surface area is 112 Å². The molecule has 0 bridgehead atoms. The van der Waals surface area contributed by atoms with Gasteiger partial charge in [0.1, 0.15) is 5.82 Å². The maximum Gasteiger partial charge on any atom is 0.232 e. The van der Waals surface area contributed by atoms with Crippen molar-refractivity contribution in [2.45, 2.75) is 19.8 Å². The summed E-state index contributed by atoms with van der Waals surface area (Å²) in [6, 6.07) is 4.67. The average Bonchev–Trinajstić information content (AvgIpc) is 2.43. The molecule has 1 aliphatic heterocycles. The Hall–Kier alpha value is -1.46. The van der Waals surface area contributed by atoms with Crippen molar-refractivity contribution in [2.75, 3.05) is 25.1 Å². The first-order valence-corrected chi connectivity index (χ1v) is 6.43. The lowest BCUT2D eigenvalue weighted by molar-refractivity contribution is -0.130. The Morgan fingerprint density at radius 2 is 2.16 bits per heavy atom. The number of carbonyl (C=O) groups is 1. The number of hydrogen-bond donors (Lipinski definition) is 2. The van der Waals surface area contributed by atoms with Gasteiger partial charge in [0.2, 0.25) is 5.91 Å². The molecule has 1 heterocycles. The summed E-state index contributed by atoms with van der Waals surface area (Å²) < 4.78 is 18.7. The van der Waals surface area contributed by atoms with Crippen LogP contribution in [0, 0.1) is 18.2 Å². The molecular weight excluding hydrogens is 247 g/mol. The number of halogens is 1. The van der Waals surface area contributed by atoms with Crippen molar-refractivity contribution in [1.29, 1.82) is 0 Å². The summed E-state index contributed by atoms with van der Waals surface area (Å²) >= 11 is 0. The third kappa shape index (κ3) is 2.93. The van der Waals surface area contributed by atoms with Gasteiger partial charge in [-0.3, -0.25) is 4.79 Å². The van der Waals surface area contributed by atoms with Crippen molar-refractivity contribution in [3.8, 4) is 0 Å². The second-order valence-electron chi connectivity index (χ2n) is 5.01. The van der Waals surface area contributed by atoms with E-state index < -0.39 is 5.41 Å². The average molecular weight is 266 g/mol. The molecule has 0 radical (unpaired) electrons. The van der Waals surface area contributed by atoms with Crippen molar-refractivity contribution in [3.05, 3.63) is 29.6 Å². The van der Waals surface area contributed by atoms with Crippen LogP contribution in [0.25, 0.3) is 0 Å². The molecule has 1 fully saturated rings. The van der Waals surface area contributed by atoms with Gasteiger partial charge in [-0.05, 0) is 37.5 Å². The monoisotopic (exact) mass is 266 g/mol. The molecule has 0 aromatic heterocycles. The highest BCUT2D eigenvalue weighted by Gasteiger charge is 2.38. The smallest absolute Gasteiger partial charge is 0.232 e. The zero-order valence-corrected chi connectivity index (χ0v) is 11.0. The SMILES string of the molecule is Cc1ccc(NC(=O)C2(CN)CCOCC2)cc1F. The zero-order valence-electron chi connectivity index (χ0n) is 11.0. The fraction of sp³-hybridized carbons (Fsp3) is 0.500. The molecule has 1 aliphatic rings. The summed E-state index contributed by atoms with van der Waals surface area (Å²) in [5, 5.41) is 2.76. The van der Waals surface area contributed by atoms with Crippen molar-refractivity contribution in [2.24, 2.45) is 11.1 Å². The van der Waals surface area contributed by atoms with Crippen molar-refractivity contribution in [3.63, 3.8) is 0 Å². The summed E-state index contributed by atoms with van der Waals surface area (Å²) in [6.45, 7) is 3.02. The van der Waals surface area contributed by atoms with Crippen LogP contribution < -0.4 is 11.1 Å². The maximum atomic E-state index is 13.5. The van der Waals surface area contributed by atoms with E-state index >= 15 is 0 Å². The third-order valence-electron chi connectivity index (χ3n) is 3.75. The molecule has 0 aliphatic carbocycles. The molecule has 3 N–H and O–H groups in total. The summed E-state index contributed by atoms with van der Waals surface area (Å²) in [6.07, 6.45) is 1.20. The van der Waals surface area contributed by atoms with E-state index in [1.807, 2.05) is 0 Å². The molecule has 19 heavy (non-hydrogen) atoms. The molecular formula is C14H19FN2O2. The van der Waals surface area contributed by atoms with E-state index in [4.69, 9.17) is 10.5 Å². The van der Waals surface area contributed by atoms with Gasteiger partial charge < -0.3 is 15.8 Å². The predicted molar refractivity (Wildman–Crippen MR) is 71.3 cm³/mol. The van der Waals surface area contributed by atoms with E-state index in [0.29, 0.717) is 37.3 Å². The number of ether oxygens (including phenoxy) is 1. The molecule has 0 atom stereocenters. The molecule has 1 amide bonds. The van der Waals surface area contributed by atoms with Crippen LogP contribution in [0.2, 0.25) is 0 Å². The quantitative estimate of drug-likeness (QED) is 0.877. The fourth-order valence-electron chi connectivity index (χ4n) is 2.22. The number of nitrogens with two attached hydrogens (primary N) is 1. The van der Waals surface area contributed by atoms with Crippen LogP contribution in [-0.2, 0) is 9.53 Å². The summed E-state index contributed by atoms with van der Waals surface area (Å²) in [5.74, 6) is -0.479. The van der Waals surface area contributed by atoms with Crippen LogP contribution >= 0.6 is 0 Å². The molecule has 1 aromatic carbocycles. The Kier molecular flexibility index (Phi) is 4.17. The lowest BCUT2D eigenvalue weighted by Gasteiger charge is -2.34. The minimum atomic E-state index is -0.598. The Morgan fingerprint density at radius 1 is 1.47 bits per heavy atom. The second kappa shape index (κ2) is 5.67. The van der Waals surface area contributed by atoms with E-state index in [1.54, 1.807) is 19.1 Å². The number of amides is 1. The van der Waals surface area contributed by atoms with Crippen LogP contribution in [0.15, 0.2) is 18.2 Å². The van der Waals surface area contributed by atoms with Gasteiger partial charge in [-0.25, -0.2) is 4.39 Å². The third-order valence-corrected chi connectivity index (χ3v) is 3.75. The normalized spacial score (nSPS) is 18.1. The summed E-state index contributed by atoms with van der Waals surface area (Å²) in [7, 11) is 0. The maximum absolute atomic E-state index is 13.5. The predicted octanol–water partition coefficient (Wildman–Crippen LogP) is 1.83. The first kappa shape index (κ1) is 14.0. The van der Waals surface area contributed by atoms with E-state index in [9.17, 15) is 9.18 Å². The zero-order chi connectivity index (χ0) is 13.9. The van der Waals surface area contributed by atoms with Gasteiger partial charge in [0.25, 0.3) is 0 Å². The van der Waals surface area contributed by atoms with Gasteiger partial charge >= 0.3 is 0 Å². The number of benzene rings is 1. The fourth-order valence-corrected chi connectivity index (χ4v) is 2.22. The lowest BCUT2D eigenvalue weighted by Crippen LogP contribution is -2.46. The largest absolute Gasteiger partial charge is 0.381 e. The topological polar surface area (TPSA) is 64.4 Å². The number of carbonyl (C=O) groups excluding carboxylic acids is 1. The molecule has 0 saturated carbocycles. The van der Waals surface area contributed by atoms with Crippen molar-refractivity contribution in [1.82, 2.24) is 0 Å². The molecule has 0 spiro atoms. The van der Waals surface area contributed by atoms with Crippen LogP contribution in [0.1, 0.15) is 18.4 Å². The van der Waals surface area contributed by atoms with Gasteiger partial charge in [-0.2, -0.15) is 0 Å². The Bertz CT molecular complexity index is 471. The lowest BCUT2D eigenvalue weighted by atomic mass is 9.79. The Balaban J connectivity index is 2.12.